The third-order valence-corrected chi connectivity index (χ3v) is 3.13. The maximum atomic E-state index is 11.5. The average Bonchev–Trinajstić information content (AvgIpc) is 2.59. The summed E-state index contributed by atoms with van der Waals surface area (Å²) in [6.45, 7) is -0.430. The van der Waals surface area contributed by atoms with Crippen LogP contribution in [0.4, 0.5) is 0 Å². The molecule has 17 heavy (non-hydrogen) atoms. The number of hydrogen-bond donors (Lipinski definition) is 3. The first-order valence-electron chi connectivity index (χ1n) is 4.90. The van der Waals surface area contributed by atoms with E-state index in [0.29, 0.717) is 3.57 Å². The first-order chi connectivity index (χ1) is 8.04. The third-order valence-electron chi connectivity index (χ3n) is 2.57. The Morgan fingerprint density at radius 3 is 2.76 bits per heavy atom. The first-order valence-corrected chi connectivity index (χ1v) is 5.98. The SMILES string of the molecule is O=c1ncc(I)cn1[C@@H]1O[C@H](CO)[C@@H](O)[C@H]1O. The van der Waals surface area contributed by atoms with Crippen molar-refractivity contribution in [3.8, 4) is 0 Å². The van der Waals surface area contributed by atoms with Gasteiger partial charge >= 0.3 is 5.69 Å². The second kappa shape index (κ2) is 4.98. The summed E-state index contributed by atoms with van der Waals surface area (Å²) < 4.78 is 7.02. The molecule has 1 saturated heterocycles. The zero-order valence-electron chi connectivity index (χ0n) is 8.60. The number of ether oxygens (including phenoxy) is 1. The van der Waals surface area contributed by atoms with E-state index in [9.17, 15) is 15.0 Å². The monoisotopic (exact) mass is 354 g/mol. The minimum absolute atomic E-state index is 0.430. The summed E-state index contributed by atoms with van der Waals surface area (Å²) in [7, 11) is 0. The van der Waals surface area contributed by atoms with Crippen LogP contribution in [-0.4, -0.2) is 49.8 Å². The van der Waals surface area contributed by atoms with Gasteiger partial charge < -0.3 is 20.1 Å². The van der Waals surface area contributed by atoms with Gasteiger partial charge in [0.25, 0.3) is 0 Å². The number of aromatic nitrogens is 2. The van der Waals surface area contributed by atoms with Crippen molar-refractivity contribution < 1.29 is 20.1 Å². The van der Waals surface area contributed by atoms with Crippen LogP contribution in [0.2, 0.25) is 0 Å². The van der Waals surface area contributed by atoms with E-state index in [-0.39, 0.29) is 0 Å². The topological polar surface area (TPSA) is 105 Å². The molecule has 8 heteroatoms. The van der Waals surface area contributed by atoms with Crippen molar-refractivity contribution in [2.45, 2.75) is 24.5 Å². The fourth-order valence-electron chi connectivity index (χ4n) is 1.70. The predicted octanol–water partition coefficient (Wildman–Crippen LogP) is -1.54. The molecule has 0 spiro atoms. The Labute approximate surface area is 110 Å². The Morgan fingerprint density at radius 2 is 2.18 bits per heavy atom. The summed E-state index contributed by atoms with van der Waals surface area (Å²) in [4.78, 5) is 15.1. The molecule has 0 amide bonds. The molecule has 0 bridgehead atoms. The van der Waals surface area contributed by atoms with Crippen LogP contribution in [-0.2, 0) is 4.74 Å². The molecule has 94 valence electrons. The molecule has 4 atom stereocenters. The quantitative estimate of drug-likeness (QED) is 0.556. The summed E-state index contributed by atoms with van der Waals surface area (Å²) in [5.41, 5.74) is -0.583. The maximum Gasteiger partial charge on any atom is 0.349 e. The van der Waals surface area contributed by atoms with Gasteiger partial charge in [-0.3, -0.25) is 4.57 Å². The normalized spacial score (nSPS) is 32.9. The van der Waals surface area contributed by atoms with Gasteiger partial charge in [-0.15, -0.1) is 0 Å². The smallest absolute Gasteiger partial charge is 0.349 e. The Bertz CT molecular complexity index is 465. The van der Waals surface area contributed by atoms with E-state index < -0.39 is 36.8 Å². The number of hydrogen-bond acceptors (Lipinski definition) is 6. The third kappa shape index (κ3) is 2.36. The van der Waals surface area contributed by atoms with Crippen LogP contribution in [0.15, 0.2) is 17.2 Å². The number of halogens is 1. The van der Waals surface area contributed by atoms with Crippen molar-refractivity contribution in [1.82, 2.24) is 9.55 Å². The predicted molar refractivity (Wildman–Crippen MR) is 64.2 cm³/mol. The molecular weight excluding hydrogens is 343 g/mol. The van der Waals surface area contributed by atoms with Crippen molar-refractivity contribution in [3.63, 3.8) is 0 Å². The summed E-state index contributed by atoms with van der Waals surface area (Å²) in [6.07, 6.45) is -1.58. The Kier molecular flexibility index (Phi) is 3.78. The molecule has 0 aliphatic carbocycles. The molecular formula is C9H11IN2O5. The van der Waals surface area contributed by atoms with Gasteiger partial charge in [-0.1, -0.05) is 0 Å². The number of nitrogens with zero attached hydrogens (tertiary/aromatic N) is 2. The lowest BCUT2D eigenvalue weighted by Gasteiger charge is -2.16. The Hall–Kier alpha value is -0.550. The zero-order valence-corrected chi connectivity index (χ0v) is 10.8. The van der Waals surface area contributed by atoms with E-state index >= 15 is 0 Å². The van der Waals surface area contributed by atoms with Crippen molar-refractivity contribution in [3.05, 3.63) is 26.4 Å². The minimum atomic E-state index is -1.27. The second-order valence-electron chi connectivity index (χ2n) is 3.69. The fraction of sp³-hybridized carbons (Fsp3) is 0.556. The van der Waals surface area contributed by atoms with Crippen LogP contribution >= 0.6 is 22.6 Å². The van der Waals surface area contributed by atoms with Gasteiger partial charge in [0.05, 0.1) is 6.61 Å². The number of rotatable bonds is 2. The molecule has 1 aliphatic rings. The highest BCUT2D eigenvalue weighted by atomic mass is 127. The number of aliphatic hydroxyl groups excluding tert-OH is 3. The van der Waals surface area contributed by atoms with Crippen LogP contribution in [0.5, 0.6) is 0 Å². The van der Waals surface area contributed by atoms with Crippen molar-refractivity contribution in [1.29, 1.82) is 0 Å². The largest absolute Gasteiger partial charge is 0.394 e. The van der Waals surface area contributed by atoms with Gasteiger partial charge in [0, 0.05) is 16.0 Å². The summed E-state index contributed by atoms with van der Waals surface area (Å²) in [5, 5.41) is 28.3. The maximum absolute atomic E-state index is 11.5. The molecule has 2 heterocycles. The highest BCUT2D eigenvalue weighted by molar-refractivity contribution is 14.1. The van der Waals surface area contributed by atoms with Crippen LogP contribution < -0.4 is 5.69 Å². The Balaban J connectivity index is 2.35. The molecule has 0 unspecified atom stereocenters. The number of aliphatic hydroxyl groups is 3. The molecule has 1 aromatic heterocycles. The van der Waals surface area contributed by atoms with Gasteiger partial charge in [-0.2, -0.15) is 0 Å². The molecule has 0 aromatic carbocycles. The van der Waals surface area contributed by atoms with Crippen molar-refractivity contribution >= 4 is 22.6 Å². The second-order valence-corrected chi connectivity index (χ2v) is 4.94. The van der Waals surface area contributed by atoms with Crippen LogP contribution in [0.3, 0.4) is 0 Å². The van der Waals surface area contributed by atoms with E-state index in [1.807, 2.05) is 22.6 Å². The summed E-state index contributed by atoms with van der Waals surface area (Å²) in [6, 6.07) is 0. The molecule has 1 aromatic rings. The van der Waals surface area contributed by atoms with Crippen LogP contribution in [0.25, 0.3) is 0 Å². The van der Waals surface area contributed by atoms with E-state index in [1.165, 1.54) is 12.4 Å². The van der Waals surface area contributed by atoms with E-state index in [2.05, 4.69) is 4.98 Å². The van der Waals surface area contributed by atoms with E-state index in [0.717, 1.165) is 4.57 Å². The zero-order chi connectivity index (χ0) is 12.6. The molecule has 7 nitrogen and oxygen atoms in total. The molecule has 0 saturated carbocycles. The van der Waals surface area contributed by atoms with Crippen molar-refractivity contribution in [2.75, 3.05) is 6.61 Å². The highest BCUT2D eigenvalue weighted by Gasteiger charge is 2.43. The lowest BCUT2D eigenvalue weighted by atomic mass is 10.1. The molecule has 1 fully saturated rings. The lowest BCUT2D eigenvalue weighted by molar-refractivity contribution is -0.0550. The molecule has 1 aliphatic heterocycles. The Morgan fingerprint density at radius 1 is 1.47 bits per heavy atom. The fourth-order valence-corrected chi connectivity index (χ4v) is 2.14. The minimum Gasteiger partial charge on any atom is -0.394 e. The molecule has 3 N–H and O–H groups in total. The average molecular weight is 354 g/mol. The summed E-state index contributed by atoms with van der Waals surface area (Å²) >= 11 is 1.96. The van der Waals surface area contributed by atoms with E-state index in [1.54, 1.807) is 0 Å². The molecule has 2 rings (SSSR count). The van der Waals surface area contributed by atoms with Gasteiger partial charge in [-0.05, 0) is 22.6 Å². The highest BCUT2D eigenvalue weighted by Crippen LogP contribution is 2.28. The lowest BCUT2D eigenvalue weighted by Crippen LogP contribution is -2.36. The van der Waals surface area contributed by atoms with Gasteiger partial charge in [0.1, 0.15) is 18.3 Å². The standard InChI is InChI=1S/C9H11IN2O5/c10-4-1-11-9(16)12(2-4)8-7(15)6(14)5(3-13)17-8/h1-2,5-8,13-15H,3H2/t5-,6-,7-,8-/m1/s1. The van der Waals surface area contributed by atoms with Gasteiger partial charge in [-0.25, -0.2) is 9.78 Å². The van der Waals surface area contributed by atoms with E-state index in [4.69, 9.17) is 9.84 Å². The molecule has 0 radical (unpaired) electrons. The van der Waals surface area contributed by atoms with Crippen LogP contribution in [0.1, 0.15) is 6.23 Å². The van der Waals surface area contributed by atoms with Gasteiger partial charge in [0.15, 0.2) is 6.23 Å². The van der Waals surface area contributed by atoms with Crippen LogP contribution in [0, 0.1) is 3.57 Å². The first kappa shape index (κ1) is 12.9. The van der Waals surface area contributed by atoms with Crippen molar-refractivity contribution in [2.24, 2.45) is 0 Å². The summed E-state index contributed by atoms with van der Waals surface area (Å²) in [5.74, 6) is 0. The van der Waals surface area contributed by atoms with Gasteiger partial charge in [0.2, 0.25) is 0 Å².